The van der Waals surface area contributed by atoms with E-state index in [0.717, 1.165) is 6.07 Å². The van der Waals surface area contributed by atoms with Gasteiger partial charge in [-0.15, -0.1) is 0 Å². The van der Waals surface area contributed by atoms with Gasteiger partial charge in [0.2, 0.25) is 0 Å². The number of benzene rings is 2. The van der Waals surface area contributed by atoms with Gasteiger partial charge >= 0.3 is 5.97 Å². The number of hydrogen-bond acceptors (Lipinski definition) is 4. The number of anilines is 1. The molecule has 0 aliphatic rings. The van der Waals surface area contributed by atoms with Gasteiger partial charge in [0, 0.05) is 5.69 Å². The van der Waals surface area contributed by atoms with Gasteiger partial charge in [-0.3, -0.25) is 4.79 Å². The van der Waals surface area contributed by atoms with E-state index in [2.05, 4.69) is 5.32 Å². The second-order valence-electron chi connectivity index (χ2n) is 4.74. The highest BCUT2D eigenvalue weighted by Crippen LogP contribution is 2.11. The molecule has 0 unspecified atom stereocenters. The maximum Gasteiger partial charge on any atom is 0.338 e. The molecule has 0 aliphatic carbocycles. The summed E-state index contributed by atoms with van der Waals surface area (Å²) in [5, 5.41) is 11.3. The molecule has 2 rings (SSSR count). The number of halogens is 1. The van der Waals surface area contributed by atoms with Crippen molar-refractivity contribution in [1.29, 1.82) is 5.26 Å². The largest absolute Gasteiger partial charge is 0.449 e. The van der Waals surface area contributed by atoms with Crippen LogP contribution in [0, 0.1) is 17.1 Å². The zero-order valence-electron chi connectivity index (χ0n) is 12.2. The SMILES string of the molecule is C[C@@H](OC(=O)c1cccc(C#N)c1)C(=O)Nc1cccc(F)c1. The van der Waals surface area contributed by atoms with E-state index in [1.54, 1.807) is 12.1 Å². The molecule has 116 valence electrons. The second kappa shape index (κ2) is 7.18. The third-order valence-electron chi connectivity index (χ3n) is 2.97. The predicted molar refractivity (Wildman–Crippen MR) is 81.1 cm³/mol. The first-order valence-electron chi connectivity index (χ1n) is 6.77. The summed E-state index contributed by atoms with van der Waals surface area (Å²) in [5.41, 5.74) is 0.759. The quantitative estimate of drug-likeness (QED) is 0.880. The molecule has 0 spiro atoms. The van der Waals surface area contributed by atoms with Crippen LogP contribution in [0.15, 0.2) is 48.5 Å². The summed E-state index contributed by atoms with van der Waals surface area (Å²) in [5.74, 6) is -1.79. The lowest BCUT2D eigenvalue weighted by Crippen LogP contribution is -2.30. The first-order valence-corrected chi connectivity index (χ1v) is 6.77. The zero-order chi connectivity index (χ0) is 16.8. The number of nitriles is 1. The summed E-state index contributed by atoms with van der Waals surface area (Å²) in [6.45, 7) is 1.40. The summed E-state index contributed by atoms with van der Waals surface area (Å²) in [7, 11) is 0. The molecule has 0 aromatic heterocycles. The molecular weight excluding hydrogens is 299 g/mol. The van der Waals surface area contributed by atoms with Gasteiger partial charge in [-0.05, 0) is 43.3 Å². The number of rotatable bonds is 4. The lowest BCUT2D eigenvalue weighted by Gasteiger charge is -2.13. The van der Waals surface area contributed by atoms with Crippen LogP contribution in [0.3, 0.4) is 0 Å². The molecular formula is C17H13FN2O3. The predicted octanol–water partition coefficient (Wildman–Crippen LogP) is 2.88. The fourth-order valence-corrected chi connectivity index (χ4v) is 1.81. The third kappa shape index (κ3) is 4.38. The molecule has 0 saturated heterocycles. The third-order valence-corrected chi connectivity index (χ3v) is 2.97. The van der Waals surface area contributed by atoms with Crippen molar-refractivity contribution in [3.63, 3.8) is 0 Å². The van der Waals surface area contributed by atoms with Gasteiger partial charge < -0.3 is 10.1 Å². The van der Waals surface area contributed by atoms with Crippen LogP contribution in [0.1, 0.15) is 22.8 Å². The standard InChI is InChI=1S/C17H13FN2O3/c1-11(16(21)20-15-7-3-6-14(18)9-15)23-17(22)13-5-2-4-12(8-13)10-19/h2-9,11H,1H3,(H,20,21)/t11-/m1/s1. The number of nitrogens with one attached hydrogen (secondary N) is 1. The van der Waals surface area contributed by atoms with Crippen LogP contribution in [0.5, 0.6) is 0 Å². The van der Waals surface area contributed by atoms with Crippen LogP contribution in [0.25, 0.3) is 0 Å². The van der Waals surface area contributed by atoms with Crippen LogP contribution in [0.2, 0.25) is 0 Å². The van der Waals surface area contributed by atoms with Crippen molar-refractivity contribution in [2.45, 2.75) is 13.0 Å². The molecule has 5 nitrogen and oxygen atoms in total. The van der Waals surface area contributed by atoms with E-state index in [1.165, 1.54) is 37.3 Å². The normalized spacial score (nSPS) is 11.2. The number of nitrogens with zero attached hydrogens (tertiary/aromatic N) is 1. The number of hydrogen-bond donors (Lipinski definition) is 1. The molecule has 1 atom stereocenters. The Balaban J connectivity index is 2.00. The van der Waals surface area contributed by atoms with Gasteiger partial charge in [0.15, 0.2) is 6.10 Å². The summed E-state index contributed by atoms with van der Waals surface area (Å²) < 4.78 is 18.1. The van der Waals surface area contributed by atoms with Crippen LogP contribution in [-0.2, 0) is 9.53 Å². The van der Waals surface area contributed by atoms with Crippen LogP contribution in [0.4, 0.5) is 10.1 Å². The van der Waals surface area contributed by atoms with Crippen molar-refractivity contribution in [2.24, 2.45) is 0 Å². The van der Waals surface area contributed by atoms with Gasteiger partial charge in [0.1, 0.15) is 5.82 Å². The monoisotopic (exact) mass is 312 g/mol. The van der Waals surface area contributed by atoms with E-state index in [1.807, 2.05) is 6.07 Å². The van der Waals surface area contributed by atoms with Crippen molar-refractivity contribution in [1.82, 2.24) is 0 Å². The fourth-order valence-electron chi connectivity index (χ4n) is 1.81. The molecule has 0 aliphatic heterocycles. The van der Waals surface area contributed by atoms with Crippen molar-refractivity contribution >= 4 is 17.6 Å². The first-order chi connectivity index (χ1) is 11.0. The molecule has 1 N–H and O–H groups in total. The Morgan fingerprint density at radius 1 is 1.22 bits per heavy atom. The van der Waals surface area contributed by atoms with Gasteiger partial charge in [-0.1, -0.05) is 12.1 Å². The summed E-state index contributed by atoms with van der Waals surface area (Å²) in [6, 6.07) is 13.3. The van der Waals surface area contributed by atoms with Gasteiger partial charge in [0.05, 0.1) is 17.2 Å². The van der Waals surface area contributed by atoms with Crippen molar-refractivity contribution in [3.05, 3.63) is 65.5 Å². The summed E-state index contributed by atoms with van der Waals surface area (Å²) in [6.07, 6.45) is -1.07. The Morgan fingerprint density at radius 3 is 2.65 bits per heavy atom. The Morgan fingerprint density at radius 2 is 1.96 bits per heavy atom. The van der Waals surface area contributed by atoms with E-state index in [-0.39, 0.29) is 11.3 Å². The molecule has 0 saturated carbocycles. The minimum atomic E-state index is -1.07. The van der Waals surface area contributed by atoms with Gasteiger partial charge in [-0.2, -0.15) is 5.26 Å². The van der Waals surface area contributed by atoms with Crippen molar-refractivity contribution < 1.29 is 18.7 Å². The number of carbonyl (C=O) groups excluding carboxylic acids is 2. The number of ether oxygens (including phenoxy) is 1. The van der Waals surface area contributed by atoms with E-state index < -0.39 is 23.8 Å². The van der Waals surface area contributed by atoms with Gasteiger partial charge in [-0.25, -0.2) is 9.18 Å². The number of esters is 1. The highest BCUT2D eigenvalue weighted by atomic mass is 19.1. The molecule has 6 heteroatoms. The Labute approximate surface area is 132 Å². The number of carbonyl (C=O) groups is 2. The van der Waals surface area contributed by atoms with E-state index in [0.29, 0.717) is 5.56 Å². The summed E-state index contributed by atoms with van der Waals surface area (Å²) in [4.78, 5) is 23.9. The molecule has 0 heterocycles. The smallest absolute Gasteiger partial charge is 0.338 e. The van der Waals surface area contributed by atoms with Crippen LogP contribution >= 0.6 is 0 Å². The van der Waals surface area contributed by atoms with Crippen LogP contribution < -0.4 is 5.32 Å². The Hall–Kier alpha value is -3.20. The van der Waals surface area contributed by atoms with Crippen molar-refractivity contribution in [2.75, 3.05) is 5.32 Å². The first kappa shape index (κ1) is 16.2. The lowest BCUT2D eigenvalue weighted by molar-refractivity contribution is -0.123. The number of amides is 1. The molecule has 0 bridgehead atoms. The zero-order valence-corrected chi connectivity index (χ0v) is 12.2. The summed E-state index contributed by atoms with van der Waals surface area (Å²) >= 11 is 0. The highest BCUT2D eigenvalue weighted by molar-refractivity contribution is 5.97. The minimum absolute atomic E-state index is 0.175. The molecule has 23 heavy (non-hydrogen) atoms. The second-order valence-corrected chi connectivity index (χ2v) is 4.74. The average Bonchev–Trinajstić information content (AvgIpc) is 2.54. The maximum absolute atomic E-state index is 13.1. The minimum Gasteiger partial charge on any atom is -0.449 e. The molecule has 0 radical (unpaired) electrons. The Kier molecular flexibility index (Phi) is 5.05. The average molecular weight is 312 g/mol. The van der Waals surface area contributed by atoms with Gasteiger partial charge in [0.25, 0.3) is 5.91 Å². The van der Waals surface area contributed by atoms with E-state index in [9.17, 15) is 14.0 Å². The molecule has 1 amide bonds. The lowest BCUT2D eigenvalue weighted by atomic mass is 10.1. The van der Waals surface area contributed by atoms with Crippen LogP contribution in [-0.4, -0.2) is 18.0 Å². The Bertz CT molecular complexity index is 783. The molecule has 2 aromatic rings. The fraction of sp³-hybridized carbons (Fsp3) is 0.118. The van der Waals surface area contributed by atoms with E-state index >= 15 is 0 Å². The topological polar surface area (TPSA) is 79.2 Å². The highest BCUT2D eigenvalue weighted by Gasteiger charge is 2.19. The molecule has 0 fully saturated rings. The maximum atomic E-state index is 13.1. The molecule has 2 aromatic carbocycles. The van der Waals surface area contributed by atoms with Crippen molar-refractivity contribution in [3.8, 4) is 6.07 Å². The van der Waals surface area contributed by atoms with E-state index in [4.69, 9.17) is 10.00 Å².